The maximum Gasteiger partial charge on any atom is 0.414 e. The highest BCUT2D eigenvalue weighted by Gasteiger charge is 2.58. The van der Waals surface area contributed by atoms with Crippen molar-refractivity contribution in [1.82, 2.24) is 4.90 Å². The van der Waals surface area contributed by atoms with Gasteiger partial charge in [-0.1, -0.05) is 19.9 Å². The van der Waals surface area contributed by atoms with Gasteiger partial charge in [-0.15, -0.1) is 0 Å². The fourth-order valence-electron chi connectivity index (χ4n) is 2.18. The smallest absolute Gasteiger partial charge is 0.414 e. The van der Waals surface area contributed by atoms with Crippen LogP contribution in [0.1, 0.15) is 27.2 Å². The van der Waals surface area contributed by atoms with Crippen molar-refractivity contribution in [3.63, 3.8) is 0 Å². The van der Waals surface area contributed by atoms with Crippen molar-refractivity contribution >= 4 is 12.1 Å². The standard InChI is InChI=1S/C12H17NO4/c1-4-16-9(14)6-5-8-10-12(2,3)7-17-11(15)13(8)10/h5,10H,4,6-7H2,1-3H3. The first kappa shape index (κ1) is 12.0. The summed E-state index contributed by atoms with van der Waals surface area (Å²) >= 11 is 0. The van der Waals surface area contributed by atoms with Crippen molar-refractivity contribution in [2.24, 2.45) is 5.41 Å². The van der Waals surface area contributed by atoms with Crippen LogP contribution >= 0.6 is 0 Å². The van der Waals surface area contributed by atoms with Crippen molar-refractivity contribution < 1.29 is 19.1 Å². The van der Waals surface area contributed by atoms with E-state index in [1.165, 1.54) is 0 Å². The van der Waals surface area contributed by atoms with Gasteiger partial charge in [0.25, 0.3) is 0 Å². The Morgan fingerprint density at radius 3 is 2.94 bits per heavy atom. The lowest BCUT2D eigenvalue weighted by molar-refractivity contribution is -0.142. The summed E-state index contributed by atoms with van der Waals surface area (Å²) < 4.78 is 9.90. The third-order valence-corrected chi connectivity index (χ3v) is 3.04. The molecule has 0 saturated carbocycles. The molecule has 17 heavy (non-hydrogen) atoms. The highest BCUT2D eigenvalue weighted by molar-refractivity contribution is 5.79. The van der Waals surface area contributed by atoms with Gasteiger partial charge in [0.2, 0.25) is 0 Å². The first-order valence-electron chi connectivity index (χ1n) is 5.79. The van der Waals surface area contributed by atoms with E-state index in [2.05, 4.69) is 0 Å². The van der Waals surface area contributed by atoms with E-state index in [1.54, 1.807) is 17.9 Å². The van der Waals surface area contributed by atoms with E-state index in [-0.39, 0.29) is 29.9 Å². The maximum absolute atomic E-state index is 11.5. The molecular formula is C12H17NO4. The first-order chi connectivity index (χ1) is 7.97. The van der Waals surface area contributed by atoms with E-state index in [0.717, 1.165) is 5.70 Å². The molecule has 2 fully saturated rings. The zero-order valence-electron chi connectivity index (χ0n) is 10.4. The van der Waals surface area contributed by atoms with Crippen LogP contribution in [0.4, 0.5) is 4.79 Å². The molecule has 2 heterocycles. The Balaban J connectivity index is 2.02. The molecule has 1 atom stereocenters. The van der Waals surface area contributed by atoms with Gasteiger partial charge in [0.1, 0.15) is 6.61 Å². The second-order valence-electron chi connectivity index (χ2n) is 4.95. The summed E-state index contributed by atoms with van der Waals surface area (Å²) in [4.78, 5) is 24.3. The molecule has 0 bridgehead atoms. The molecule has 0 aromatic carbocycles. The molecule has 2 saturated heterocycles. The molecule has 1 amide bonds. The normalized spacial score (nSPS) is 27.5. The van der Waals surface area contributed by atoms with E-state index in [1.807, 2.05) is 13.8 Å². The van der Waals surface area contributed by atoms with Crippen LogP contribution in [-0.2, 0) is 14.3 Å². The Hall–Kier alpha value is -1.52. The number of amides is 1. The number of carbonyl (C=O) groups is 2. The minimum atomic E-state index is -0.315. The fourth-order valence-corrected chi connectivity index (χ4v) is 2.18. The van der Waals surface area contributed by atoms with Gasteiger partial charge in [-0.2, -0.15) is 0 Å². The molecule has 2 aliphatic heterocycles. The molecule has 0 aliphatic carbocycles. The molecule has 1 unspecified atom stereocenters. The first-order valence-corrected chi connectivity index (χ1v) is 5.79. The molecule has 2 rings (SSSR count). The predicted molar refractivity (Wildman–Crippen MR) is 60.1 cm³/mol. The van der Waals surface area contributed by atoms with Crippen LogP contribution in [0.15, 0.2) is 11.8 Å². The van der Waals surface area contributed by atoms with Crippen LogP contribution in [0, 0.1) is 5.41 Å². The number of hydrogen-bond donors (Lipinski definition) is 0. The van der Waals surface area contributed by atoms with Crippen LogP contribution in [0.2, 0.25) is 0 Å². The Morgan fingerprint density at radius 1 is 1.65 bits per heavy atom. The molecule has 5 nitrogen and oxygen atoms in total. The number of esters is 1. The van der Waals surface area contributed by atoms with Gasteiger partial charge in [0, 0.05) is 11.1 Å². The van der Waals surface area contributed by atoms with Crippen molar-refractivity contribution in [2.75, 3.05) is 13.2 Å². The van der Waals surface area contributed by atoms with Gasteiger partial charge in [-0.05, 0) is 6.92 Å². The van der Waals surface area contributed by atoms with Crippen LogP contribution in [0.3, 0.4) is 0 Å². The van der Waals surface area contributed by atoms with Gasteiger partial charge in [0.15, 0.2) is 0 Å². The summed E-state index contributed by atoms with van der Waals surface area (Å²) in [5.74, 6) is -0.268. The number of nitrogens with zero attached hydrogens (tertiary/aromatic N) is 1. The predicted octanol–water partition coefficient (Wildman–Crippen LogP) is 1.68. The van der Waals surface area contributed by atoms with Crippen molar-refractivity contribution in [3.05, 3.63) is 11.8 Å². The molecule has 0 spiro atoms. The molecule has 0 radical (unpaired) electrons. The van der Waals surface area contributed by atoms with Crippen molar-refractivity contribution in [2.45, 2.75) is 33.2 Å². The largest absolute Gasteiger partial charge is 0.466 e. The minimum absolute atomic E-state index is 0.0816. The quantitative estimate of drug-likeness (QED) is 0.555. The van der Waals surface area contributed by atoms with E-state index in [9.17, 15) is 9.59 Å². The van der Waals surface area contributed by atoms with Gasteiger partial charge >= 0.3 is 12.1 Å². The van der Waals surface area contributed by atoms with Gasteiger partial charge in [-0.25, -0.2) is 4.79 Å². The number of carbonyl (C=O) groups excluding carboxylic acids is 2. The van der Waals surface area contributed by atoms with E-state index >= 15 is 0 Å². The molecule has 5 heteroatoms. The summed E-state index contributed by atoms with van der Waals surface area (Å²) in [6.45, 7) is 6.66. The third-order valence-electron chi connectivity index (χ3n) is 3.04. The van der Waals surface area contributed by atoms with Gasteiger partial charge < -0.3 is 9.47 Å². The number of hydrogen-bond acceptors (Lipinski definition) is 4. The summed E-state index contributed by atoms with van der Waals surface area (Å²) in [6.07, 6.45) is 1.65. The Morgan fingerprint density at radius 2 is 2.35 bits per heavy atom. The summed E-state index contributed by atoms with van der Waals surface area (Å²) in [6, 6.07) is 0.0816. The SMILES string of the molecule is CCOC(=O)CC=C1C2N1C(=O)OCC2(C)C. The van der Waals surface area contributed by atoms with Crippen molar-refractivity contribution in [3.8, 4) is 0 Å². The second kappa shape index (κ2) is 4.05. The third kappa shape index (κ3) is 2.14. The number of ether oxygens (including phenoxy) is 2. The Labute approximate surface area is 100 Å². The molecule has 0 aromatic heterocycles. The number of rotatable bonds is 3. The summed E-state index contributed by atoms with van der Waals surface area (Å²) in [7, 11) is 0. The lowest BCUT2D eigenvalue weighted by Crippen LogP contribution is -2.37. The van der Waals surface area contributed by atoms with E-state index in [4.69, 9.17) is 9.47 Å². The second-order valence-corrected chi connectivity index (χ2v) is 4.95. The fraction of sp³-hybridized carbons (Fsp3) is 0.667. The van der Waals surface area contributed by atoms with Crippen LogP contribution in [0.25, 0.3) is 0 Å². The van der Waals surface area contributed by atoms with Crippen LogP contribution < -0.4 is 0 Å². The van der Waals surface area contributed by atoms with Gasteiger partial charge in [0.05, 0.1) is 19.1 Å². The number of fused-ring (bicyclic) bond motifs is 1. The number of cyclic esters (lactones) is 1. The lowest BCUT2D eigenvalue weighted by Gasteiger charge is -2.27. The molecular weight excluding hydrogens is 222 g/mol. The topological polar surface area (TPSA) is 55.6 Å². The van der Waals surface area contributed by atoms with Gasteiger partial charge in [-0.3, -0.25) is 9.69 Å². The molecule has 0 N–H and O–H groups in total. The average molecular weight is 239 g/mol. The van der Waals surface area contributed by atoms with E-state index < -0.39 is 0 Å². The summed E-state index contributed by atoms with van der Waals surface area (Å²) in [5, 5.41) is 0. The highest BCUT2D eigenvalue weighted by atomic mass is 16.6. The molecule has 94 valence electrons. The molecule has 2 aliphatic rings. The lowest BCUT2D eigenvalue weighted by atomic mass is 9.89. The minimum Gasteiger partial charge on any atom is -0.466 e. The van der Waals surface area contributed by atoms with Crippen LogP contribution in [0.5, 0.6) is 0 Å². The zero-order chi connectivity index (χ0) is 12.6. The summed E-state index contributed by atoms with van der Waals surface area (Å²) in [5.41, 5.74) is 0.791. The Kier molecular flexibility index (Phi) is 2.85. The Bertz CT molecular complexity index is 386. The zero-order valence-corrected chi connectivity index (χ0v) is 10.4. The van der Waals surface area contributed by atoms with Crippen molar-refractivity contribution in [1.29, 1.82) is 0 Å². The van der Waals surface area contributed by atoms with E-state index in [0.29, 0.717) is 13.2 Å². The van der Waals surface area contributed by atoms with Crippen LogP contribution in [-0.4, -0.2) is 36.2 Å². The average Bonchev–Trinajstić information content (AvgIpc) is 2.98. The monoisotopic (exact) mass is 239 g/mol. The molecule has 0 aromatic rings. The maximum atomic E-state index is 11.5. The highest BCUT2D eigenvalue weighted by Crippen LogP contribution is 2.49.